The van der Waals surface area contributed by atoms with Gasteiger partial charge in [0.25, 0.3) is 0 Å². The molecule has 24 heavy (non-hydrogen) atoms. The summed E-state index contributed by atoms with van der Waals surface area (Å²) in [7, 11) is 0. The van der Waals surface area contributed by atoms with Crippen molar-refractivity contribution in [3.8, 4) is 0 Å². The molecule has 124 valence electrons. The predicted molar refractivity (Wildman–Crippen MR) is 98.7 cm³/mol. The zero-order chi connectivity index (χ0) is 16.7. The molecule has 2 aromatic heterocycles. The molecule has 0 fully saturated rings. The van der Waals surface area contributed by atoms with Crippen molar-refractivity contribution >= 4 is 22.3 Å². The van der Waals surface area contributed by atoms with Crippen LogP contribution in [0.2, 0.25) is 0 Å². The van der Waals surface area contributed by atoms with Crippen LogP contribution in [0.3, 0.4) is 0 Å². The molecule has 0 saturated carbocycles. The molecule has 3 heterocycles. The lowest BCUT2D eigenvalue weighted by atomic mass is 9.99. The second-order valence-electron chi connectivity index (χ2n) is 6.47. The minimum Gasteiger partial charge on any atom is -0.423 e. The Labute approximate surface area is 145 Å². The van der Waals surface area contributed by atoms with Crippen LogP contribution in [0.1, 0.15) is 41.5 Å². The Morgan fingerprint density at radius 3 is 3.00 bits per heavy atom. The number of rotatable bonds is 3. The van der Waals surface area contributed by atoms with Crippen LogP contribution < -0.4 is 5.63 Å². The van der Waals surface area contributed by atoms with E-state index in [1.807, 2.05) is 17.4 Å². The fourth-order valence-electron chi connectivity index (χ4n) is 3.62. The van der Waals surface area contributed by atoms with Gasteiger partial charge >= 0.3 is 5.63 Å². The zero-order valence-electron chi connectivity index (χ0n) is 14.0. The summed E-state index contributed by atoms with van der Waals surface area (Å²) < 4.78 is 5.43. The molecule has 3 aromatic rings. The second-order valence-corrected chi connectivity index (χ2v) is 7.47. The van der Waals surface area contributed by atoms with Crippen LogP contribution in [0.15, 0.2) is 44.9 Å². The molecule has 0 saturated heterocycles. The summed E-state index contributed by atoms with van der Waals surface area (Å²) in [6.07, 6.45) is 2.03. The Hall–Kier alpha value is -1.91. The molecule has 0 amide bonds. The SMILES string of the molecule is CCc1ccc2c(CN3CCc4sccc4[C@H]3C)cc(=O)oc2c1. The summed E-state index contributed by atoms with van der Waals surface area (Å²) in [5, 5.41) is 3.24. The lowest BCUT2D eigenvalue weighted by Crippen LogP contribution is -2.32. The topological polar surface area (TPSA) is 33.5 Å². The van der Waals surface area contributed by atoms with Gasteiger partial charge in [0.05, 0.1) is 0 Å². The number of benzene rings is 1. The van der Waals surface area contributed by atoms with Gasteiger partial charge in [-0.2, -0.15) is 0 Å². The van der Waals surface area contributed by atoms with Crippen molar-refractivity contribution in [1.29, 1.82) is 0 Å². The molecule has 4 heteroatoms. The van der Waals surface area contributed by atoms with Gasteiger partial charge in [0.1, 0.15) is 5.58 Å². The summed E-state index contributed by atoms with van der Waals surface area (Å²) in [6, 6.07) is 10.5. The van der Waals surface area contributed by atoms with Gasteiger partial charge in [0, 0.05) is 35.5 Å². The maximum atomic E-state index is 12.0. The molecule has 1 atom stereocenters. The van der Waals surface area contributed by atoms with Gasteiger partial charge in [-0.25, -0.2) is 4.79 Å². The Bertz CT molecular complexity index is 940. The minimum absolute atomic E-state index is 0.258. The zero-order valence-corrected chi connectivity index (χ0v) is 14.9. The molecular formula is C20H21NO2S. The monoisotopic (exact) mass is 339 g/mol. The Morgan fingerprint density at radius 1 is 1.29 bits per heavy atom. The van der Waals surface area contributed by atoms with Crippen molar-refractivity contribution < 1.29 is 4.42 Å². The van der Waals surface area contributed by atoms with Crippen LogP contribution in [0.4, 0.5) is 0 Å². The van der Waals surface area contributed by atoms with Crippen LogP contribution in [0, 0.1) is 0 Å². The van der Waals surface area contributed by atoms with Crippen molar-refractivity contribution in [1.82, 2.24) is 4.90 Å². The molecule has 3 nitrogen and oxygen atoms in total. The van der Waals surface area contributed by atoms with E-state index in [-0.39, 0.29) is 5.63 Å². The maximum absolute atomic E-state index is 12.0. The van der Waals surface area contributed by atoms with Crippen LogP contribution in [0.25, 0.3) is 11.0 Å². The Balaban J connectivity index is 1.71. The van der Waals surface area contributed by atoms with E-state index in [1.165, 1.54) is 16.0 Å². The van der Waals surface area contributed by atoms with E-state index in [4.69, 9.17) is 4.42 Å². The Morgan fingerprint density at radius 2 is 2.17 bits per heavy atom. The molecule has 1 aliphatic heterocycles. The fraction of sp³-hybridized carbons (Fsp3) is 0.350. The van der Waals surface area contributed by atoms with Crippen molar-refractivity contribution in [2.45, 2.75) is 39.3 Å². The van der Waals surface area contributed by atoms with Crippen molar-refractivity contribution in [3.05, 3.63) is 67.7 Å². The van der Waals surface area contributed by atoms with E-state index in [0.29, 0.717) is 11.6 Å². The highest BCUT2D eigenvalue weighted by molar-refractivity contribution is 7.10. The smallest absolute Gasteiger partial charge is 0.336 e. The van der Waals surface area contributed by atoms with Crippen LogP contribution in [-0.2, 0) is 19.4 Å². The molecule has 0 N–H and O–H groups in total. The number of nitrogens with zero attached hydrogens (tertiary/aromatic N) is 1. The first-order valence-electron chi connectivity index (χ1n) is 8.51. The normalized spacial score (nSPS) is 18.0. The molecule has 1 aliphatic rings. The first-order valence-corrected chi connectivity index (χ1v) is 9.39. The lowest BCUT2D eigenvalue weighted by Gasteiger charge is -2.33. The fourth-order valence-corrected chi connectivity index (χ4v) is 4.58. The van der Waals surface area contributed by atoms with Crippen LogP contribution >= 0.6 is 11.3 Å². The molecule has 0 radical (unpaired) electrons. The standard InChI is InChI=1S/C20H21NO2S/c1-3-14-4-5-17-15(11-20(22)23-18(17)10-14)12-21-8-6-19-16(13(21)2)7-9-24-19/h4-5,7,9-11,13H,3,6,8,12H2,1-2H3/t13-/m1/s1. The van der Waals surface area contributed by atoms with E-state index in [2.05, 4.69) is 42.3 Å². The third-order valence-corrected chi connectivity index (χ3v) is 6.08. The predicted octanol–water partition coefficient (Wildman–Crippen LogP) is 4.54. The van der Waals surface area contributed by atoms with Crippen molar-refractivity contribution in [3.63, 3.8) is 0 Å². The summed E-state index contributed by atoms with van der Waals surface area (Å²) in [5.74, 6) is 0. The van der Waals surface area contributed by atoms with E-state index < -0.39 is 0 Å². The number of thiophene rings is 1. The lowest BCUT2D eigenvalue weighted by molar-refractivity contribution is 0.192. The van der Waals surface area contributed by atoms with Gasteiger partial charge in [-0.15, -0.1) is 11.3 Å². The molecule has 0 spiro atoms. The van der Waals surface area contributed by atoms with Crippen molar-refractivity contribution in [2.75, 3.05) is 6.54 Å². The molecule has 0 unspecified atom stereocenters. The molecule has 1 aromatic carbocycles. The van der Waals surface area contributed by atoms with Gasteiger partial charge in [-0.1, -0.05) is 19.1 Å². The van der Waals surface area contributed by atoms with Gasteiger partial charge in [-0.05, 0) is 54.0 Å². The van der Waals surface area contributed by atoms with Gasteiger partial charge in [0.2, 0.25) is 0 Å². The summed E-state index contributed by atoms with van der Waals surface area (Å²) in [4.78, 5) is 16.0. The molecule has 4 rings (SSSR count). The average molecular weight is 339 g/mol. The first kappa shape index (κ1) is 15.6. The number of hydrogen-bond acceptors (Lipinski definition) is 4. The Kier molecular flexibility index (Phi) is 4.02. The van der Waals surface area contributed by atoms with E-state index in [0.717, 1.165) is 36.9 Å². The summed E-state index contributed by atoms with van der Waals surface area (Å²) in [6.45, 7) is 6.18. The summed E-state index contributed by atoms with van der Waals surface area (Å²) >= 11 is 1.85. The quantitative estimate of drug-likeness (QED) is 0.657. The van der Waals surface area contributed by atoms with Crippen molar-refractivity contribution in [2.24, 2.45) is 0 Å². The second kappa shape index (κ2) is 6.19. The van der Waals surface area contributed by atoms with Crippen LogP contribution in [0.5, 0.6) is 0 Å². The number of hydrogen-bond donors (Lipinski definition) is 0. The summed E-state index contributed by atoms with van der Waals surface area (Å²) in [5.41, 5.74) is 4.14. The molecule has 0 aliphatic carbocycles. The highest BCUT2D eigenvalue weighted by Crippen LogP contribution is 2.34. The van der Waals surface area contributed by atoms with Crippen LogP contribution in [-0.4, -0.2) is 11.4 Å². The van der Waals surface area contributed by atoms with Gasteiger partial charge in [0.15, 0.2) is 0 Å². The maximum Gasteiger partial charge on any atom is 0.336 e. The number of fused-ring (bicyclic) bond motifs is 2. The highest BCUT2D eigenvalue weighted by Gasteiger charge is 2.25. The largest absolute Gasteiger partial charge is 0.423 e. The average Bonchev–Trinajstić information content (AvgIpc) is 3.06. The number of aryl methyl sites for hydroxylation is 1. The first-order chi connectivity index (χ1) is 11.7. The minimum atomic E-state index is -0.258. The van der Waals surface area contributed by atoms with E-state index >= 15 is 0 Å². The third-order valence-electron chi connectivity index (χ3n) is 5.08. The van der Waals surface area contributed by atoms with Gasteiger partial charge < -0.3 is 4.42 Å². The molecular weight excluding hydrogens is 318 g/mol. The van der Waals surface area contributed by atoms with Gasteiger partial charge in [-0.3, -0.25) is 4.90 Å². The van der Waals surface area contributed by atoms with E-state index in [9.17, 15) is 4.79 Å². The van der Waals surface area contributed by atoms with E-state index in [1.54, 1.807) is 6.07 Å². The molecule has 0 bridgehead atoms. The highest BCUT2D eigenvalue weighted by atomic mass is 32.1. The third kappa shape index (κ3) is 2.70.